The van der Waals surface area contributed by atoms with E-state index in [1.165, 1.54) is 6.33 Å². The van der Waals surface area contributed by atoms with Gasteiger partial charge in [0.2, 0.25) is 0 Å². The summed E-state index contributed by atoms with van der Waals surface area (Å²) >= 11 is 0. The summed E-state index contributed by atoms with van der Waals surface area (Å²) in [6.07, 6.45) is 3.19. The Balaban J connectivity index is 1.74. The van der Waals surface area contributed by atoms with Crippen molar-refractivity contribution in [1.82, 2.24) is 20.2 Å². The number of carboxylic acids is 1. The summed E-state index contributed by atoms with van der Waals surface area (Å²) in [4.78, 5) is 10.5. The van der Waals surface area contributed by atoms with Crippen molar-refractivity contribution in [2.75, 3.05) is 0 Å². The second-order valence-corrected chi connectivity index (χ2v) is 3.30. The van der Waals surface area contributed by atoms with E-state index >= 15 is 0 Å². The highest BCUT2D eigenvalue weighted by Gasteiger charge is 2.42. The van der Waals surface area contributed by atoms with Gasteiger partial charge < -0.3 is 5.11 Å². The molecule has 70 valence electrons. The molecule has 1 N–H and O–H groups in total. The van der Waals surface area contributed by atoms with Crippen LogP contribution in [0.5, 0.6) is 0 Å². The summed E-state index contributed by atoms with van der Waals surface area (Å²) < 4.78 is 1.62. The maximum atomic E-state index is 10.5. The minimum absolute atomic E-state index is 0.128. The monoisotopic (exact) mass is 182 g/mol. The minimum Gasteiger partial charge on any atom is -0.481 e. The van der Waals surface area contributed by atoms with E-state index in [1.54, 1.807) is 4.68 Å². The molecule has 0 saturated heterocycles. The molecular weight excluding hydrogens is 172 g/mol. The molecule has 13 heavy (non-hydrogen) atoms. The van der Waals surface area contributed by atoms with E-state index < -0.39 is 5.97 Å². The summed E-state index contributed by atoms with van der Waals surface area (Å²) in [6.45, 7) is 0.710. The van der Waals surface area contributed by atoms with Crippen molar-refractivity contribution in [2.45, 2.75) is 19.4 Å². The molecule has 6 heteroatoms. The number of rotatable bonds is 4. The van der Waals surface area contributed by atoms with Crippen LogP contribution in [0.2, 0.25) is 0 Å². The van der Waals surface area contributed by atoms with E-state index in [0.717, 1.165) is 12.8 Å². The van der Waals surface area contributed by atoms with Crippen molar-refractivity contribution in [2.24, 2.45) is 11.8 Å². The average molecular weight is 182 g/mol. The highest BCUT2D eigenvalue weighted by atomic mass is 16.4. The molecule has 1 aromatic rings. The lowest BCUT2D eigenvalue weighted by Crippen LogP contribution is -2.03. The fourth-order valence-corrected chi connectivity index (χ4v) is 1.45. The molecule has 1 saturated carbocycles. The molecule has 6 nitrogen and oxygen atoms in total. The van der Waals surface area contributed by atoms with E-state index in [2.05, 4.69) is 15.5 Å². The number of hydrogen-bond acceptors (Lipinski definition) is 4. The fraction of sp³-hybridized carbons (Fsp3) is 0.714. The second kappa shape index (κ2) is 3.12. The van der Waals surface area contributed by atoms with Crippen LogP contribution in [-0.2, 0) is 11.3 Å². The normalized spacial score (nSPS) is 25.8. The summed E-state index contributed by atoms with van der Waals surface area (Å²) in [7, 11) is 0. The van der Waals surface area contributed by atoms with Crippen molar-refractivity contribution in [3.05, 3.63) is 6.33 Å². The van der Waals surface area contributed by atoms with Gasteiger partial charge in [0.15, 0.2) is 0 Å². The van der Waals surface area contributed by atoms with Crippen LogP contribution < -0.4 is 0 Å². The van der Waals surface area contributed by atoms with Crippen LogP contribution in [-0.4, -0.2) is 31.3 Å². The Hall–Kier alpha value is -1.46. The van der Waals surface area contributed by atoms with Gasteiger partial charge in [-0.05, 0) is 29.2 Å². The Morgan fingerprint density at radius 1 is 1.69 bits per heavy atom. The molecule has 2 atom stereocenters. The van der Waals surface area contributed by atoms with Crippen LogP contribution in [0.25, 0.3) is 0 Å². The number of carboxylic acid groups (broad SMARTS) is 1. The Labute approximate surface area is 74.6 Å². The first-order chi connectivity index (χ1) is 6.27. The maximum absolute atomic E-state index is 10.5. The molecule has 0 spiro atoms. The van der Waals surface area contributed by atoms with Gasteiger partial charge in [0.05, 0.1) is 5.92 Å². The molecule has 0 bridgehead atoms. The first-order valence-electron chi connectivity index (χ1n) is 4.21. The Morgan fingerprint density at radius 3 is 3.08 bits per heavy atom. The average Bonchev–Trinajstić information content (AvgIpc) is 2.70. The van der Waals surface area contributed by atoms with Gasteiger partial charge in [-0.15, -0.1) is 5.10 Å². The predicted octanol–water partition coefficient (Wildman–Crippen LogP) is -0.216. The molecule has 0 aliphatic heterocycles. The van der Waals surface area contributed by atoms with Crippen LogP contribution in [0.4, 0.5) is 0 Å². The Bertz CT molecular complexity index is 297. The van der Waals surface area contributed by atoms with Gasteiger partial charge in [0.25, 0.3) is 0 Å². The van der Waals surface area contributed by atoms with E-state index in [4.69, 9.17) is 5.11 Å². The third-order valence-corrected chi connectivity index (χ3v) is 2.36. The van der Waals surface area contributed by atoms with Crippen LogP contribution in [0.15, 0.2) is 6.33 Å². The zero-order valence-electron chi connectivity index (χ0n) is 7.00. The van der Waals surface area contributed by atoms with Gasteiger partial charge in [0.1, 0.15) is 6.33 Å². The lowest BCUT2D eigenvalue weighted by Gasteiger charge is -1.96. The second-order valence-electron chi connectivity index (χ2n) is 3.30. The highest BCUT2D eigenvalue weighted by Crippen LogP contribution is 2.41. The molecule has 1 heterocycles. The van der Waals surface area contributed by atoms with Crippen LogP contribution in [0.1, 0.15) is 12.8 Å². The smallest absolute Gasteiger partial charge is 0.306 e. The van der Waals surface area contributed by atoms with Gasteiger partial charge in [-0.3, -0.25) is 4.79 Å². The third kappa shape index (κ3) is 1.82. The molecule has 2 unspecified atom stereocenters. The number of carbonyl (C=O) groups is 1. The maximum Gasteiger partial charge on any atom is 0.306 e. The van der Waals surface area contributed by atoms with E-state index in [0.29, 0.717) is 12.5 Å². The molecule has 0 aromatic carbocycles. The third-order valence-electron chi connectivity index (χ3n) is 2.36. The van der Waals surface area contributed by atoms with Crippen LogP contribution in [0.3, 0.4) is 0 Å². The predicted molar refractivity (Wildman–Crippen MR) is 41.7 cm³/mol. The molecule has 0 radical (unpaired) electrons. The first kappa shape index (κ1) is 8.15. The first-order valence-corrected chi connectivity index (χ1v) is 4.21. The van der Waals surface area contributed by atoms with Gasteiger partial charge >= 0.3 is 5.97 Å². The van der Waals surface area contributed by atoms with Gasteiger partial charge in [0, 0.05) is 6.54 Å². The Morgan fingerprint density at radius 2 is 2.54 bits per heavy atom. The standard InChI is InChI=1S/C7H10N4O2/c12-7(13)6-3-5(6)1-2-11-4-8-9-10-11/h4-6H,1-3H2,(H,12,13). The SMILES string of the molecule is O=C(O)C1CC1CCn1cnnn1. The number of aryl methyl sites for hydroxylation is 1. The molecule has 1 aromatic heterocycles. The molecular formula is C7H10N4O2. The van der Waals surface area contributed by atoms with Crippen LogP contribution in [0, 0.1) is 11.8 Å². The molecule has 1 fully saturated rings. The number of aromatic nitrogens is 4. The fourth-order valence-electron chi connectivity index (χ4n) is 1.45. The number of aliphatic carboxylic acids is 1. The zero-order valence-corrected chi connectivity index (χ0v) is 7.00. The summed E-state index contributed by atoms with van der Waals surface area (Å²) in [6, 6.07) is 0. The molecule has 2 rings (SSSR count). The minimum atomic E-state index is -0.679. The van der Waals surface area contributed by atoms with Crippen molar-refractivity contribution in [3.63, 3.8) is 0 Å². The van der Waals surface area contributed by atoms with Crippen molar-refractivity contribution in [1.29, 1.82) is 0 Å². The van der Waals surface area contributed by atoms with Crippen molar-refractivity contribution >= 4 is 5.97 Å². The molecule has 1 aliphatic carbocycles. The summed E-state index contributed by atoms with van der Waals surface area (Å²) in [5, 5.41) is 19.3. The number of hydrogen-bond donors (Lipinski definition) is 1. The topological polar surface area (TPSA) is 80.9 Å². The summed E-state index contributed by atoms with van der Waals surface area (Å²) in [5.74, 6) is -0.486. The highest BCUT2D eigenvalue weighted by molar-refractivity contribution is 5.73. The molecule has 0 amide bonds. The number of nitrogens with zero attached hydrogens (tertiary/aromatic N) is 4. The summed E-state index contributed by atoms with van der Waals surface area (Å²) in [5.41, 5.74) is 0. The van der Waals surface area contributed by atoms with Gasteiger partial charge in [-0.2, -0.15) is 0 Å². The molecule has 1 aliphatic rings. The van der Waals surface area contributed by atoms with E-state index in [9.17, 15) is 4.79 Å². The van der Waals surface area contributed by atoms with Crippen molar-refractivity contribution < 1.29 is 9.90 Å². The number of tetrazole rings is 1. The van der Waals surface area contributed by atoms with Gasteiger partial charge in [-0.25, -0.2) is 4.68 Å². The zero-order chi connectivity index (χ0) is 9.26. The quantitative estimate of drug-likeness (QED) is 0.696. The van der Waals surface area contributed by atoms with Gasteiger partial charge in [-0.1, -0.05) is 0 Å². The van der Waals surface area contributed by atoms with E-state index in [-0.39, 0.29) is 5.92 Å². The van der Waals surface area contributed by atoms with Crippen molar-refractivity contribution in [3.8, 4) is 0 Å². The Kier molecular flexibility index (Phi) is 1.96. The van der Waals surface area contributed by atoms with Crippen LogP contribution >= 0.6 is 0 Å². The van der Waals surface area contributed by atoms with E-state index in [1.807, 2.05) is 0 Å². The largest absolute Gasteiger partial charge is 0.481 e. The lowest BCUT2D eigenvalue weighted by atomic mass is 10.2. The lowest BCUT2D eigenvalue weighted by molar-refractivity contribution is -0.138.